The molecule has 4 bridgehead atoms. The molecule has 2 aliphatic rings. The second kappa shape index (κ2) is 13.3. The summed E-state index contributed by atoms with van der Waals surface area (Å²) >= 11 is 0. The van der Waals surface area contributed by atoms with Gasteiger partial charge in [0.25, 0.3) is 5.56 Å². The molecule has 0 spiro atoms. The average Bonchev–Trinajstić information content (AvgIpc) is 3.01. The van der Waals surface area contributed by atoms with Crippen LogP contribution in [0.5, 0.6) is 5.75 Å². The number of carboxylic acids is 1. The van der Waals surface area contributed by atoms with E-state index < -0.39 is 53.7 Å². The zero-order valence-electron chi connectivity index (χ0n) is 26.9. The van der Waals surface area contributed by atoms with Gasteiger partial charge in [-0.1, -0.05) is 18.2 Å². The lowest BCUT2D eigenvalue weighted by Gasteiger charge is -2.34. The molecule has 0 saturated carbocycles. The topological polar surface area (TPSA) is 101 Å². The Bertz CT molecular complexity index is 1970. The summed E-state index contributed by atoms with van der Waals surface area (Å²) in [5.74, 6) is -3.19. The Morgan fingerprint density at radius 2 is 1.75 bits per heavy atom. The van der Waals surface area contributed by atoms with Crippen molar-refractivity contribution in [3.63, 3.8) is 0 Å². The molecule has 8 nitrogen and oxygen atoms in total. The molecule has 2 atom stereocenters. The number of pyridine rings is 1. The second-order valence-electron chi connectivity index (χ2n) is 12.7. The number of alkyl halides is 1. The Hall–Kier alpha value is -4.90. The molecular weight excluding hydrogens is 623 g/mol. The number of nitrogens with zero attached hydrogens (tertiary/aromatic N) is 2. The van der Waals surface area contributed by atoms with E-state index >= 15 is 8.78 Å². The number of hydrogen-bond donors (Lipinski definition) is 2. The number of halogens is 3. The maximum absolute atomic E-state index is 15.9. The minimum Gasteiger partial charge on any atom is -0.488 e. The number of fused-ring (bicyclic) bond motifs is 6. The number of carbonyl (C=O) groups is 2. The lowest BCUT2D eigenvalue weighted by Crippen LogP contribution is -2.49. The summed E-state index contributed by atoms with van der Waals surface area (Å²) in [5, 5.41) is 12.6. The predicted molar refractivity (Wildman–Crippen MR) is 174 cm³/mol. The Morgan fingerprint density at radius 1 is 0.979 bits per heavy atom. The number of hydrogen-bond acceptors (Lipinski definition) is 5. The summed E-state index contributed by atoms with van der Waals surface area (Å²) in [6.45, 7) is 6.15. The van der Waals surface area contributed by atoms with Gasteiger partial charge in [0.05, 0.1) is 12.5 Å². The van der Waals surface area contributed by atoms with Crippen molar-refractivity contribution in [3.05, 3.63) is 122 Å². The van der Waals surface area contributed by atoms with Gasteiger partial charge in [0.15, 0.2) is 0 Å². The van der Waals surface area contributed by atoms with E-state index in [-0.39, 0.29) is 23.3 Å². The molecule has 48 heavy (non-hydrogen) atoms. The summed E-state index contributed by atoms with van der Waals surface area (Å²) in [7, 11) is 0. The number of aromatic nitrogens is 1. The van der Waals surface area contributed by atoms with Crippen molar-refractivity contribution in [2.45, 2.75) is 58.5 Å². The van der Waals surface area contributed by atoms with Crippen LogP contribution in [0.3, 0.4) is 0 Å². The van der Waals surface area contributed by atoms with E-state index in [1.54, 1.807) is 32.0 Å². The third-order valence-corrected chi connectivity index (χ3v) is 9.06. The number of carbonyl (C=O) groups excluding carboxylic acids is 1. The van der Waals surface area contributed by atoms with E-state index in [0.29, 0.717) is 59.6 Å². The van der Waals surface area contributed by atoms with E-state index in [9.17, 15) is 23.9 Å². The van der Waals surface area contributed by atoms with Crippen molar-refractivity contribution in [1.29, 1.82) is 0 Å². The molecule has 1 aromatic heterocycles. The van der Waals surface area contributed by atoms with Crippen molar-refractivity contribution in [2.75, 3.05) is 19.6 Å². The number of amides is 1. The highest BCUT2D eigenvalue weighted by molar-refractivity contribution is 5.85. The monoisotopic (exact) mass is 659 g/mol. The summed E-state index contributed by atoms with van der Waals surface area (Å²) in [6, 6.07) is 11.5. The third-order valence-electron chi connectivity index (χ3n) is 9.06. The highest BCUT2D eigenvalue weighted by atomic mass is 19.1. The molecule has 3 heterocycles. The van der Waals surface area contributed by atoms with Gasteiger partial charge in [-0.3, -0.25) is 23.9 Å². The zero-order chi connectivity index (χ0) is 34.3. The molecule has 1 fully saturated rings. The van der Waals surface area contributed by atoms with Crippen LogP contribution in [0.15, 0.2) is 65.6 Å². The van der Waals surface area contributed by atoms with E-state index in [1.807, 2.05) is 24.0 Å². The first-order valence-electron chi connectivity index (χ1n) is 15.8. The standard InChI is InChI=1S/C37H36F3N3O5/c1-20-5-4-6-31-33(20)25-12-21(2)34(40)28(14-25)30(15-32(44)45)41-36(46)35(27-13-24(19-48-31)7-8-29(27)39)43-16-23(11-22(3)37(43)47)9-10-42-17-26(38)18-42/h4-8,11-14,16,26,30,35H,9-10,15,17-19H2,1-3H3,(H,41,46)(H,44,45)/t30-,35+/m0/s1. The van der Waals surface area contributed by atoms with Crippen LogP contribution in [-0.2, 0) is 22.6 Å². The molecule has 0 aliphatic carbocycles. The van der Waals surface area contributed by atoms with Crippen LogP contribution in [0.2, 0.25) is 0 Å². The van der Waals surface area contributed by atoms with Crippen molar-refractivity contribution >= 4 is 11.9 Å². The molecule has 11 heteroatoms. The Morgan fingerprint density at radius 3 is 2.48 bits per heavy atom. The quantitative estimate of drug-likeness (QED) is 0.275. The van der Waals surface area contributed by atoms with Crippen molar-refractivity contribution in [2.24, 2.45) is 0 Å². The summed E-state index contributed by atoms with van der Waals surface area (Å²) in [5.41, 5.74) is 3.00. The van der Waals surface area contributed by atoms with Gasteiger partial charge in [0.2, 0.25) is 5.91 Å². The fraction of sp³-hybridized carbons (Fsp3) is 0.324. The van der Waals surface area contributed by atoms with E-state index in [1.165, 1.54) is 30.5 Å². The number of aliphatic carboxylic acids is 1. The minimum absolute atomic E-state index is 0.00783. The van der Waals surface area contributed by atoms with Crippen molar-refractivity contribution in [1.82, 2.24) is 14.8 Å². The first-order chi connectivity index (χ1) is 22.9. The van der Waals surface area contributed by atoms with Gasteiger partial charge < -0.3 is 15.2 Å². The Labute approximate surface area is 275 Å². The largest absolute Gasteiger partial charge is 0.488 e. The van der Waals surface area contributed by atoms with Gasteiger partial charge >= 0.3 is 5.97 Å². The summed E-state index contributed by atoms with van der Waals surface area (Å²) < 4.78 is 52.5. The molecule has 2 N–H and O–H groups in total. The number of carboxylic acid groups (broad SMARTS) is 1. The number of rotatable bonds is 6. The van der Waals surface area contributed by atoms with Gasteiger partial charge in [-0.15, -0.1) is 0 Å². The number of likely N-dealkylation sites (tertiary alicyclic amines) is 1. The van der Waals surface area contributed by atoms with E-state index in [4.69, 9.17) is 4.74 Å². The second-order valence-corrected chi connectivity index (χ2v) is 12.7. The van der Waals surface area contributed by atoms with Crippen LogP contribution >= 0.6 is 0 Å². The van der Waals surface area contributed by atoms with Crippen LogP contribution in [0, 0.1) is 32.4 Å². The predicted octanol–water partition coefficient (Wildman–Crippen LogP) is 5.73. The molecule has 2 aliphatic heterocycles. The lowest BCUT2D eigenvalue weighted by molar-refractivity contribution is -0.137. The van der Waals surface area contributed by atoms with Gasteiger partial charge in [-0.2, -0.15) is 0 Å². The minimum atomic E-state index is -1.59. The van der Waals surface area contributed by atoms with Gasteiger partial charge in [-0.05, 0) is 91.4 Å². The van der Waals surface area contributed by atoms with Gasteiger partial charge in [-0.25, -0.2) is 13.2 Å². The highest BCUT2D eigenvalue weighted by Gasteiger charge is 2.33. The van der Waals surface area contributed by atoms with Crippen molar-refractivity contribution < 1.29 is 32.6 Å². The molecule has 6 rings (SSSR count). The first kappa shape index (κ1) is 33.0. The van der Waals surface area contributed by atoms with E-state index in [0.717, 1.165) is 10.1 Å². The number of nitrogens with one attached hydrogen (secondary N) is 1. The number of benzene rings is 3. The lowest BCUT2D eigenvalue weighted by atomic mass is 9.91. The van der Waals surface area contributed by atoms with Crippen LogP contribution in [0.4, 0.5) is 13.2 Å². The summed E-state index contributed by atoms with van der Waals surface area (Å²) in [4.78, 5) is 42.1. The fourth-order valence-corrected chi connectivity index (χ4v) is 6.58. The maximum atomic E-state index is 15.9. The van der Waals surface area contributed by atoms with Crippen LogP contribution in [-0.4, -0.2) is 52.3 Å². The molecule has 0 radical (unpaired) electrons. The molecule has 3 aromatic carbocycles. The molecule has 4 aromatic rings. The average molecular weight is 660 g/mol. The van der Waals surface area contributed by atoms with Crippen LogP contribution in [0.25, 0.3) is 11.1 Å². The Kier molecular flexibility index (Phi) is 9.15. The van der Waals surface area contributed by atoms with Crippen molar-refractivity contribution in [3.8, 4) is 16.9 Å². The molecule has 1 saturated heterocycles. The molecule has 1 amide bonds. The van der Waals surface area contributed by atoms with Crippen LogP contribution in [0.1, 0.15) is 57.4 Å². The first-order valence-corrected chi connectivity index (χ1v) is 15.8. The maximum Gasteiger partial charge on any atom is 0.305 e. The smallest absolute Gasteiger partial charge is 0.305 e. The van der Waals surface area contributed by atoms with Gasteiger partial charge in [0, 0.05) is 48.1 Å². The van der Waals surface area contributed by atoms with Crippen LogP contribution < -0.4 is 15.6 Å². The number of ether oxygens (including phenoxy) is 1. The third kappa shape index (κ3) is 6.60. The fourth-order valence-electron chi connectivity index (χ4n) is 6.58. The summed E-state index contributed by atoms with van der Waals surface area (Å²) in [6.07, 6.45) is 0.362. The number of aryl methyl sites for hydroxylation is 3. The normalized spacial score (nSPS) is 18.2. The zero-order valence-corrected chi connectivity index (χ0v) is 26.9. The molecule has 0 unspecified atom stereocenters. The Balaban J connectivity index is 1.53. The highest BCUT2D eigenvalue weighted by Crippen LogP contribution is 2.38. The van der Waals surface area contributed by atoms with Gasteiger partial charge in [0.1, 0.15) is 36.2 Å². The van der Waals surface area contributed by atoms with E-state index in [2.05, 4.69) is 5.32 Å². The molecule has 250 valence electrons. The SMILES string of the molecule is Cc1cc2cc(c1F)[C@H](CC(=O)O)NC(=O)[C@H](n1cc(CCN3CC(F)C3)cc(C)c1=O)c1cc(ccc1F)COc1cccc(C)c1-2. The molecular formula is C37H36F3N3O5.